The van der Waals surface area contributed by atoms with E-state index in [-0.39, 0.29) is 24.8 Å². The molecule has 2 amide bonds. The van der Waals surface area contributed by atoms with Gasteiger partial charge < -0.3 is 15.0 Å². The highest BCUT2D eigenvalue weighted by Gasteiger charge is 2.25. The molecule has 1 aromatic rings. The monoisotopic (exact) mass is 375 g/mol. The number of rotatable bonds is 10. The second kappa shape index (κ2) is 10.3. The number of benzene rings is 1. The third-order valence-corrected chi connectivity index (χ3v) is 4.98. The van der Waals surface area contributed by atoms with Gasteiger partial charge in [-0.3, -0.25) is 14.5 Å². The molecule has 0 spiro atoms. The van der Waals surface area contributed by atoms with Crippen LogP contribution in [0, 0.1) is 5.92 Å². The van der Waals surface area contributed by atoms with E-state index in [4.69, 9.17) is 4.74 Å². The highest BCUT2D eigenvalue weighted by Crippen LogP contribution is 2.31. The highest BCUT2D eigenvalue weighted by molar-refractivity contribution is 5.98. The van der Waals surface area contributed by atoms with Crippen LogP contribution in [0.1, 0.15) is 40.5 Å². The van der Waals surface area contributed by atoms with Gasteiger partial charge in [-0.15, -0.1) is 0 Å². The van der Waals surface area contributed by atoms with Crippen molar-refractivity contribution in [3.63, 3.8) is 0 Å². The average Bonchev–Trinajstić information content (AvgIpc) is 2.65. The number of likely N-dealkylation sites (N-methyl/N-ethyl adjacent to an activating group) is 1. The minimum Gasteiger partial charge on any atom is -0.482 e. The maximum atomic E-state index is 12.4. The third kappa shape index (κ3) is 5.96. The largest absolute Gasteiger partial charge is 0.482 e. The Hall–Kier alpha value is -2.08. The van der Waals surface area contributed by atoms with Gasteiger partial charge in [-0.2, -0.15) is 0 Å². The molecule has 27 heavy (non-hydrogen) atoms. The molecule has 0 bridgehead atoms. The molecular weight excluding hydrogens is 342 g/mol. The third-order valence-electron chi connectivity index (χ3n) is 4.98. The van der Waals surface area contributed by atoms with Crippen LogP contribution in [0.25, 0.3) is 0 Å². The first-order valence-electron chi connectivity index (χ1n) is 9.99. The number of amides is 2. The fraction of sp³-hybridized carbons (Fsp3) is 0.619. The molecule has 1 aliphatic heterocycles. The number of carbonyl (C=O) groups is 2. The minimum absolute atomic E-state index is 0.0207. The van der Waals surface area contributed by atoms with Crippen LogP contribution in [-0.4, -0.2) is 55.5 Å². The van der Waals surface area contributed by atoms with Gasteiger partial charge in [0, 0.05) is 25.6 Å². The smallest absolute Gasteiger partial charge is 0.265 e. The summed E-state index contributed by atoms with van der Waals surface area (Å²) in [6, 6.07) is 7.78. The maximum absolute atomic E-state index is 12.4. The zero-order chi connectivity index (χ0) is 19.8. The van der Waals surface area contributed by atoms with E-state index in [1.165, 1.54) is 0 Å². The van der Waals surface area contributed by atoms with Gasteiger partial charge in [0.1, 0.15) is 5.75 Å². The van der Waals surface area contributed by atoms with Crippen LogP contribution >= 0.6 is 0 Å². The van der Waals surface area contributed by atoms with E-state index in [0.717, 1.165) is 25.2 Å². The molecule has 1 N–H and O–H groups in total. The van der Waals surface area contributed by atoms with Crippen molar-refractivity contribution in [3.8, 4) is 5.75 Å². The van der Waals surface area contributed by atoms with Crippen LogP contribution in [0.4, 0.5) is 5.69 Å². The Balaban J connectivity index is 1.89. The molecule has 150 valence electrons. The first kappa shape index (κ1) is 21.2. The molecular formula is C21H33N3O3. The summed E-state index contributed by atoms with van der Waals surface area (Å²) >= 11 is 0. The number of hydrogen-bond donors (Lipinski definition) is 1. The molecule has 0 fully saturated rings. The number of nitrogens with zero attached hydrogens (tertiary/aromatic N) is 2. The van der Waals surface area contributed by atoms with E-state index in [1.54, 1.807) is 4.90 Å². The lowest BCUT2D eigenvalue weighted by atomic mass is 10.0. The number of nitrogens with one attached hydrogen (secondary N) is 1. The van der Waals surface area contributed by atoms with Crippen LogP contribution in [0.3, 0.4) is 0 Å². The normalized spacial score (nSPS) is 14.9. The summed E-state index contributed by atoms with van der Waals surface area (Å²) in [6.07, 6.45) is 1.34. The average molecular weight is 376 g/mol. The Labute approximate surface area is 162 Å². The minimum atomic E-state index is -0.109. The van der Waals surface area contributed by atoms with E-state index in [1.807, 2.05) is 24.3 Å². The van der Waals surface area contributed by atoms with Crippen LogP contribution < -0.4 is 15.0 Å². The zero-order valence-corrected chi connectivity index (χ0v) is 17.0. The van der Waals surface area contributed by atoms with Crippen molar-refractivity contribution in [3.05, 3.63) is 24.3 Å². The van der Waals surface area contributed by atoms with E-state index in [2.05, 4.69) is 37.9 Å². The first-order valence-corrected chi connectivity index (χ1v) is 9.99. The number of anilines is 1. The maximum Gasteiger partial charge on any atom is 0.265 e. The molecule has 0 saturated heterocycles. The summed E-state index contributed by atoms with van der Waals surface area (Å²) < 4.78 is 5.44. The number of para-hydroxylation sites is 2. The summed E-state index contributed by atoms with van der Waals surface area (Å²) in [6.45, 7) is 11.7. The van der Waals surface area contributed by atoms with Crippen LogP contribution in [-0.2, 0) is 9.59 Å². The lowest BCUT2D eigenvalue weighted by Gasteiger charge is -2.31. The molecule has 1 atom stereocenters. The van der Waals surface area contributed by atoms with Gasteiger partial charge in [0.2, 0.25) is 5.91 Å². The van der Waals surface area contributed by atoms with Crippen molar-refractivity contribution in [2.24, 2.45) is 5.92 Å². The fourth-order valence-corrected chi connectivity index (χ4v) is 3.58. The van der Waals surface area contributed by atoms with Crippen LogP contribution in [0.5, 0.6) is 5.75 Å². The molecule has 6 heteroatoms. The standard InChI is InChI=1S/C21H33N3O3/c1-5-23(6-2)17(13-16(3)4)14-22-20(25)11-12-24-18-9-7-8-10-19(18)27-15-21(24)26/h7-10,16-17H,5-6,11-15H2,1-4H3,(H,22,25). The summed E-state index contributed by atoms with van der Waals surface area (Å²) in [4.78, 5) is 28.6. The molecule has 2 rings (SSSR count). The molecule has 0 aliphatic carbocycles. The van der Waals surface area contributed by atoms with E-state index in [9.17, 15) is 9.59 Å². The Bertz CT molecular complexity index is 629. The Morgan fingerprint density at radius 1 is 1.26 bits per heavy atom. The Morgan fingerprint density at radius 2 is 1.96 bits per heavy atom. The number of ether oxygens (including phenoxy) is 1. The second-order valence-corrected chi connectivity index (χ2v) is 7.36. The van der Waals surface area contributed by atoms with Crippen molar-refractivity contribution >= 4 is 17.5 Å². The SMILES string of the molecule is CCN(CC)C(CNC(=O)CCN1C(=O)COc2ccccc21)CC(C)C. The highest BCUT2D eigenvalue weighted by atomic mass is 16.5. The lowest BCUT2D eigenvalue weighted by Crippen LogP contribution is -2.45. The second-order valence-electron chi connectivity index (χ2n) is 7.36. The molecule has 0 radical (unpaired) electrons. The summed E-state index contributed by atoms with van der Waals surface area (Å²) in [7, 11) is 0. The number of carbonyl (C=O) groups excluding carboxylic acids is 2. The van der Waals surface area contributed by atoms with Crippen molar-refractivity contribution in [2.75, 3.05) is 37.7 Å². The fourth-order valence-electron chi connectivity index (χ4n) is 3.58. The van der Waals surface area contributed by atoms with Crippen molar-refractivity contribution in [2.45, 2.75) is 46.6 Å². The van der Waals surface area contributed by atoms with Crippen LogP contribution in [0.2, 0.25) is 0 Å². The lowest BCUT2D eigenvalue weighted by molar-refractivity contribution is -0.122. The Kier molecular flexibility index (Phi) is 8.10. The van der Waals surface area contributed by atoms with E-state index >= 15 is 0 Å². The molecule has 6 nitrogen and oxygen atoms in total. The number of hydrogen-bond acceptors (Lipinski definition) is 4. The van der Waals surface area contributed by atoms with Gasteiger partial charge in [-0.05, 0) is 37.6 Å². The van der Waals surface area contributed by atoms with Gasteiger partial charge >= 0.3 is 0 Å². The quantitative estimate of drug-likeness (QED) is 0.683. The zero-order valence-electron chi connectivity index (χ0n) is 17.0. The molecule has 0 saturated carbocycles. The van der Waals surface area contributed by atoms with E-state index < -0.39 is 0 Å². The molecule has 0 aromatic heterocycles. The van der Waals surface area contributed by atoms with Gasteiger partial charge in [-0.25, -0.2) is 0 Å². The van der Waals surface area contributed by atoms with Crippen molar-refractivity contribution < 1.29 is 14.3 Å². The topological polar surface area (TPSA) is 61.9 Å². The Morgan fingerprint density at radius 3 is 2.63 bits per heavy atom. The molecule has 1 heterocycles. The predicted octanol–water partition coefficient (Wildman–Crippen LogP) is 2.67. The van der Waals surface area contributed by atoms with Crippen LogP contribution in [0.15, 0.2) is 24.3 Å². The molecule has 1 unspecified atom stereocenters. The van der Waals surface area contributed by atoms with Gasteiger partial charge in [-0.1, -0.05) is 39.8 Å². The van der Waals surface area contributed by atoms with Gasteiger partial charge in [0.05, 0.1) is 5.69 Å². The first-order chi connectivity index (χ1) is 13.0. The summed E-state index contributed by atoms with van der Waals surface area (Å²) in [5.41, 5.74) is 0.738. The van der Waals surface area contributed by atoms with Gasteiger partial charge in [0.25, 0.3) is 5.91 Å². The van der Waals surface area contributed by atoms with E-state index in [0.29, 0.717) is 30.8 Å². The summed E-state index contributed by atoms with van der Waals surface area (Å²) in [5, 5.41) is 3.07. The van der Waals surface area contributed by atoms with Gasteiger partial charge in [0.15, 0.2) is 6.61 Å². The predicted molar refractivity (Wildman–Crippen MR) is 108 cm³/mol. The van der Waals surface area contributed by atoms with Crippen molar-refractivity contribution in [1.82, 2.24) is 10.2 Å². The van der Waals surface area contributed by atoms with Crippen molar-refractivity contribution in [1.29, 1.82) is 0 Å². The molecule has 1 aromatic carbocycles. The number of fused-ring (bicyclic) bond motifs is 1. The molecule has 1 aliphatic rings. The summed E-state index contributed by atoms with van der Waals surface area (Å²) in [5.74, 6) is 1.14.